The van der Waals surface area contributed by atoms with Crippen molar-refractivity contribution < 1.29 is 10.2 Å². The summed E-state index contributed by atoms with van der Waals surface area (Å²) in [5, 5.41) is 15.7. The first kappa shape index (κ1) is 24.3. The van der Waals surface area contributed by atoms with Crippen LogP contribution in [0.1, 0.15) is 27.7 Å². The van der Waals surface area contributed by atoms with Crippen LogP contribution in [-0.2, 0) is 0 Å². The molecule has 15 heavy (non-hydrogen) atoms. The SMILES string of the molecule is CC.CCN(CC)C(O)=S.NC(O)=S.[LiH]. The van der Waals surface area contributed by atoms with Gasteiger partial charge in [0.1, 0.15) is 0 Å². The first-order chi connectivity index (χ1) is 6.45. The summed E-state index contributed by atoms with van der Waals surface area (Å²) in [4.78, 5) is 1.70. The Morgan fingerprint density at radius 1 is 1.13 bits per heavy atom. The second kappa shape index (κ2) is 19.5. The molecule has 0 aliphatic carbocycles. The molecule has 7 heteroatoms. The third-order valence-electron chi connectivity index (χ3n) is 1.03. The fraction of sp³-hybridized carbons (Fsp3) is 0.750. The molecule has 4 nitrogen and oxygen atoms in total. The van der Waals surface area contributed by atoms with Gasteiger partial charge in [0.25, 0.3) is 10.3 Å². The third-order valence-corrected chi connectivity index (χ3v) is 1.29. The first-order valence-electron chi connectivity index (χ1n) is 4.41. The van der Waals surface area contributed by atoms with Gasteiger partial charge in [-0.3, -0.25) is 0 Å². The summed E-state index contributed by atoms with van der Waals surface area (Å²) in [6.45, 7) is 9.47. The summed E-state index contributed by atoms with van der Waals surface area (Å²) in [5.41, 5.74) is 4.40. The number of thiocarbonyl (C=S) groups is 2. The van der Waals surface area contributed by atoms with Gasteiger partial charge in [0.15, 0.2) is 0 Å². The van der Waals surface area contributed by atoms with E-state index in [2.05, 4.69) is 30.2 Å². The summed E-state index contributed by atoms with van der Waals surface area (Å²) in [6, 6.07) is 0. The predicted molar refractivity (Wildman–Crippen MR) is 76.1 cm³/mol. The zero-order chi connectivity index (χ0) is 12.1. The van der Waals surface area contributed by atoms with Crippen molar-refractivity contribution in [1.29, 1.82) is 0 Å². The molecule has 0 aromatic rings. The van der Waals surface area contributed by atoms with Crippen molar-refractivity contribution in [2.24, 2.45) is 5.73 Å². The maximum absolute atomic E-state index is 8.67. The monoisotopic (exact) mass is 248 g/mol. The number of nitrogens with two attached hydrogens (primary N) is 1. The van der Waals surface area contributed by atoms with Crippen molar-refractivity contribution in [3.63, 3.8) is 0 Å². The average molecular weight is 248 g/mol. The molecule has 0 rings (SSSR count). The van der Waals surface area contributed by atoms with Crippen LogP contribution >= 0.6 is 24.4 Å². The minimum absolute atomic E-state index is 0. The number of hydrogen-bond donors (Lipinski definition) is 3. The maximum atomic E-state index is 8.67. The molecule has 0 aliphatic rings. The zero-order valence-corrected chi connectivity index (χ0v) is 10.8. The van der Waals surface area contributed by atoms with E-state index in [4.69, 9.17) is 10.2 Å². The molecule has 0 saturated heterocycles. The van der Waals surface area contributed by atoms with Crippen LogP contribution in [0.2, 0.25) is 0 Å². The Hall–Kier alpha value is -0.0226. The van der Waals surface area contributed by atoms with Crippen LogP contribution in [0.4, 0.5) is 0 Å². The molecular formula is C8H21LiN2O2S2. The Morgan fingerprint density at radius 2 is 1.33 bits per heavy atom. The predicted octanol–water partition coefficient (Wildman–Crippen LogP) is 1.34. The van der Waals surface area contributed by atoms with Gasteiger partial charge in [0.05, 0.1) is 0 Å². The molecule has 0 aromatic heterocycles. The Kier molecular flexibility index (Phi) is 31.6. The minimum atomic E-state index is -0.500. The molecular weight excluding hydrogens is 227 g/mol. The molecule has 0 radical (unpaired) electrons. The van der Waals surface area contributed by atoms with E-state index in [1.807, 2.05) is 27.7 Å². The van der Waals surface area contributed by atoms with Crippen molar-refractivity contribution in [2.75, 3.05) is 13.1 Å². The summed E-state index contributed by atoms with van der Waals surface area (Å²) in [7, 11) is 0. The molecule has 0 spiro atoms. The average Bonchev–Trinajstić information content (AvgIpc) is 2.08. The summed E-state index contributed by atoms with van der Waals surface area (Å²) < 4.78 is 0. The van der Waals surface area contributed by atoms with Gasteiger partial charge in [-0.25, -0.2) is 0 Å². The molecule has 0 fully saturated rings. The Labute approximate surface area is 115 Å². The van der Waals surface area contributed by atoms with Crippen LogP contribution in [-0.4, -0.2) is 57.4 Å². The van der Waals surface area contributed by atoms with E-state index in [0.29, 0.717) is 0 Å². The van der Waals surface area contributed by atoms with E-state index in [0.717, 1.165) is 13.1 Å². The van der Waals surface area contributed by atoms with Gasteiger partial charge in [-0.1, -0.05) is 13.8 Å². The molecule has 0 aromatic carbocycles. The standard InChI is InChI=1S/C5H11NOS.C2H6.CH3NOS.Li.H/c1-3-6(4-2)5(7)8;1-2;2-1(3)4;;/h3-4H2,1-2H3,(H,7,8);1-2H3;(H3,2,3,4);;. The van der Waals surface area contributed by atoms with Crippen LogP contribution in [0.15, 0.2) is 0 Å². The summed E-state index contributed by atoms with van der Waals surface area (Å²) in [5.74, 6) is 0. The van der Waals surface area contributed by atoms with Crippen molar-refractivity contribution in [1.82, 2.24) is 4.90 Å². The van der Waals surface area contributed by atoms with Crippen molar-refractivity contribution in [2.45, 2.75) is 27.7 Å². The summed E-state index contributed by atoms with van der Waals surface area (Å²) in [6.07, 6.45) is 0. The molecule has 4 N–H and O–H groups in total. The Morgan fingerprint density at radius 3 is 1.33 bits per heavy atom. The van der Waals surface area contributed by atoms with E-state index in [9.17, 15) is 0 Å². The second-order valence-electron chi connectivity index (χ2n) is 1.79. The van der Waals surface area contributed by atoms with E-state index in [1.54, 1.807) is 4.90 Å². The van der Waals surface area contributed by atoms with Crippen LogP contribution in [0.5, 0.6) is 0 Å². The van der Waals surface area contributed by atoms with Gasteiger partial charge in [0.2, 0.25) is 0 Å². The Balaban J connectivity index is -0.0000000742. The molecule has 0 amide bonds. The van der Waals surface area contributed by atoms with Crippen molar-refractivity contribution in [3.8, 4) is 0 Å². The molecule has 88 valence electrons. The van der Waals surface area contributed by atoms with E-state index >= 15 is 0 Å². The molecule has 0 atom stereocenters. The zero-order valence-electron chi connectivity index (χ0n) is 9.15. The quantitative estimate of drug-likeness (QED) is 0.506. The van der Waals surface area contributed by atoms with Crippen LogP contribution < -0.4 is 5.73 Å². The fourth-order valence-electron chi connectivity index (χ4n) is 0.494. The number of aliphatic hydroxyl groups excluding tert-OH is 2. The van der Waals surface area contributed by atoms with Crippen LogP contribution in [0, 0.1) is 0 Å². The normalized spacial score (nSPS) is 6.67. The fourth-order valence-corrected chi connectivity index (χ4v) is 0.752. The van der Waals surface area contributed by atoms with Gasteiger partial charge >= 0.3 is 18.9 Å². The number of nitrogens with zero attached hydrogens (tertiary/aromatic N) is 1. The number of hydrogen-bond acceptors (Lipinski definition) is 2. The molecule has 0 aliphatic heterocycles. The number of rotatable bonds is 2. The molecule has 0 bridgehead atoms. The van der Waals surface area contributed by atoms with E-state index < -0.39 is 5.17 Å². The van der Waals surface area contributed by atoms with E-state index in [-0.39, 0.29) is 24.0 Å². The third kappa shape index (κ3) is 31.5. The van der Waals surface area contributed by atoms with Crippen molar-refractivity contribution >= 4 is 53.6 Å². The van der Waals surface area contributed by atoms with Gasteiger partial charge in [-0.15, -0.1) is 0 Å². The van der Waals surface area contributed by atoms with E-state index in [1.165, 1.54) is 0 Å². The van der Waals surface area contributed by atoms with Gasteiger partial charge in [-0.2, -0.15) is 0 Å². The van der Waals surface area contributed by atoms with Gasteiger partial charge in [0, 0.05) is 13.1 Å². The first-order valence-corrected chi connectivity index (χ1v) is 5.23. The summed E-state index contributed by atoms with van der Waals surface area (Å²) >= 11 is 8.37. The number of aliphatic hydroxyl groups is 2. The van der Waals surface area contributed by atoms with Crippen LogP contribution in [0.3, 0.4) is 0 Å². The second-order valence-corrected chi connectivity index (χ2v) is 2.58. The Bertz CT molecular complexity index is 152. The van der Waals surface area contributed by atoms with Crippen molar-refractivity contribution in [3.05, 3.63) is 0 Å². The molecule has 0 unspecified atom stereocenters. The molecule has 0 heterocycles. The molecule has 0 saturated carbocycles. The van der Waals surface area contributed by atoms with Crippen LogP contribution in [0.25, 0.3) is 0 Å². The van der Waals surface area contributed by atoms with Gasteiger partial charge in [-0.05, 0) is 38.3 Å². The van der Waals surface area contributed by atoms with Gasteiger partial charge < -0.3 is 20.8 Å². The topological polar surface area (TPSA) is 69.7 Å².